The second-order valence-electron chi connectivity index (χ2n) is 5.43. The minimum Gasteiger partial charge on any atom is -0.444 e. The van der Waals surface area contributed by atoms with Gasteiger partial charge in [-0.1, -0.05) is 0 Å². The van der Waals surface area contributed by atoms with Gasteiger partial charge in [0, 0.05) is 19.2 Å². The van der Waals surface area contributed by atoms with Gasteiger partial charge in [0.2, 0.25) is 0 Å². The van der Waals surface area contributed by atoms with Gasteiger partial charge >= 0.3 is 6.09 Å². The van der Waals surface area contributed by atoms with E-state index in [1.54, 1.807) is 6.92 Å². The predicted molar refractivity (Wildman–Crippen MR) is 76.9 cm³/mol. The van der Waals surface area contributed by atoms with Crippen LogP contribution in [0.25, 0.3) is 0 Å². The van der Waals surface area contributed by atoms with E-state index in [9.17, 15) is 9.59 Å². The van der Waals surface area contributed by atoms with Crippen LogP contribution in [-0.4, -0.2) is 34.8 Å². The van der Waals surface area contributed by atoms with Crippen molar-refractivity contribution in [2.24, 2.45) is 0 Å². The van der Waals surface area contributed by atoms with Crippen molar-refractivity contribution in [3.05, 3.63) is 22.2 Å². The Hall–Kier alpha value is -2.05. The number of alkyl carbamates (subject to hydrolysis) is 1. The van der Waals surface area contributed by atoms with E-state index in [0.717, 1.165) is 0 Å². The molecule has 0 unspecified atom stereocenters. The number of amides is 1. The quantitative estimate of drug-likeness (QED) is 0.709. The number of aryl methyl sites for hydroxylation is 1. The molecule has 1 amide bonds. The lowest BCUT2D eigenvalue weighted by Crippen LogP contribution is -2.33. The molecule has 0 saturated carbocycles. The van der Waals surface area contributed by atoms with E-state index in [1.165, 1.54) is 6.07 Å². The Labute approximate surface area is 118 Å². The Morgan fingerprint density at radius 1 is 1.40 bits per heavy atom. The Morgan fingerprint density at radius 2 is 2.10 bits per heavy atom. The van der Waals surface area contributed by atoms with Crippen molar-refractivity contribution < 1.29 is 9.53 Å². The maximum absolute atomic E-state index is 11.4. The maximum Gasteiger partial charge on any atom is 0.407 e. The lowest BCUT2D eigenvalue weighted by Gasteiger charge is -2.19. The van der Waals surface area contributed by atoms with Crippen LogP contribution < -0.4 is 16.2 Å². The molecule has 0 atom stereocenters. The fourth-order valence-electron chi connectivity index (χ4n) is 1.48. The first-order valence-corrected chi connectivity index (χ1v) is 6.55. The highest BCUT2D eigenvalue weighted by atomic mass is 16.6. The lowest BCUT2D eigenvalue weighted by atomic mass is 10.2. The van der Waals surface area contributed by atoms with E-state index < -0.39 is 11.7 Å². The summed E-state index contributed by atoms with van der Waals surface area (Å²) in [6, 6.07) is 1.40. The van der Waals surface area contributed by atoms with Gasteiger partial charge in [0.15, 0.2) is 0 Å². The summed E-state index contributed by atoms with van der Waals surface area (Å²) in [6.07, 6.45) is 0.273. The zero-order valence-electron chi connectivity index (χ0n) is 12.4. The van der Waals surface area contributed by atoms with Crippen molar-refractivity contribution in [1.82, 2.24) is 15.3 Å². The smallest absolute Gasteiger partial charge is 0.407 e. The predicted octanol–water partition coefficient (Wildman–Crippen LogP) is 1.41. The van der Waals surface area contributed by atoms with Crippen molar-refractivity contribution in [3.63, 3.8) is 0 Å². The summed E-state index contributed by atoms with van der Waals surface area (Å²) in [4.78, 5) is 29.3. The summed E-state index contributed by atoms with van der Waals surface area (Å²) in [5.74, 6) is 1.09. The second-order valence-corrected chi connectivity index (χ2v) is 5.43. The van der Waals surface area contributed by atoms with Crippen LogP contribution in [0.3, 0.4) is 0 Å². The summed E-state index contributed by atoms with van der Waals surface area (Å²) in [7, 11) is 0. The molecular formula is C13H22N4O3. The van der Waals surface area contributed by atoms with Crippen molar-refractivity contribution in [2.45, 2.75) is 39.7 Å². The number of hydrogen-bond donors (Lipinski definition) is 3. The van der Waals surface area contributed by atoms with Crippen LogP contribution in [0.2, 0.25) is 0 Å². The molecule has 0 saturated heterocycles. The van der Waals surface area contributed by atoms with Gasteiger partial charge in [-0.2, -0.15) is 0 Å². The maximum atomic E-state index is 11.4. The summed E-state index contributed by atoms with van der Waals surface area (Å²) >= 11 is 0. The van der Waals surface area contributed by atoms with E-state index in [1.807, 2.05) is 20.8 Å². The molecule has 0 aliphatic carbocycles. The molecule has 0 bridgehead atoms. The Morgan fingerprint density at radius 3 is 2.70 bits per heavy atom. The van der Waals surface area contributed by atoms with Crippen LogP contribution in [0.4, 0.5) is 10.6 Å². The average Bonchev–Trinajstić information content (AvgIpc) is 2.24. The number of H-pyrrole nitrogens is 1. The largest absolute Gasteiger partial charge is 0.444 e. The van der Waals surface area contributed by atoms with Gasteiger partial charge in [0.1, 0.15) is 17.2 Å². The first kappa shape index (κ1) is 16.0. The molecule has 0 spiro atoms. The van der Waals surface area contributed by atoms with Gasteiger partial charge in [0.25, 0.3) is 5.56 Å². The first-order chi connectivity index (χ1) is 9.26. The zero-order valence-corrected chi connectivity index (χ0v) is 12.4. The van der Waals surface area contributed by atoms with E-state index in [4.69, 9.17) is 4.74 Å². The zero-order chi connectivity index (χ0) is 15.2. The fraction of sp³-hybridized carbons (Fsp3) is 0.615. The van der Waals surface area contributed by atoms with E-state index in [2.05, 4.69) is 20.6 Å². The first-order valence-electron chi connectivity index (χ1n) is 6.55. The number of rotatable bonds is 5. The third-order valence-corrected chi connectivity index (χ3v) is 2.19. The number of carbonyl (C=O) groups is 1. The summed E-state index contributed by atoms with van der Waals surface area (Å²) in [5, 5.41) is 5.68. The van der Waals surface area contributed by atoms with Crippen LogP contribution in [0, 0.1) is 6.92 Å². The molecule has 3 N–H and O–H groups in total. The highest BCUT2D eigenvalue weighted by Crippen LogP contribution is 2.06. The monoisotopic (exact) mass is 282 g/mol. The lowest BCUT2D eigenvalue weighted by molar-refractivity contribution is 0.0528. The molecular weight excluding hydrogens is 260 g/mol. The van der Waals surface area contributed by atoms with Crippen molar-refractivity contribution in [2.75, 3.05) is 18.4 Å². The molecule has 0 aromatic carbocycles. The molecule has 1 rings (SSSR count). The Balaban J connectivity index is 2.22. The highest BCUT2D eigenvalue weighted by Gasteiger charge is 2.15. The minimum absolute atomic E-state index is 0.188. The number of hydrogen-bond acceptors (Lipinski definition) is 5. The van der Waals surface area contributed by atoms with E-state index in [0.29, 0.717) is 31.2 Å². The average molecular weight is 282 g/mol. The molecule has 7 heteroatoms. The Bertz CT molecular complexity index is 505. The van der Waals surface area contributed by atoms with E-state index in [-0.39, 0.29) is 5.56 Å². The van der Waals surface area contributed by atoms with Crippen LogP contribution in [-0.2, 0) is 4.74 Å². The molecule has 1 aromatic heterocycles. The molecule has 1 aromatic rings. The number of carbonyl (C=O) groups excluding carboxylic acids is 1. The van der Waals surface area contributed by atoms with Crippen LogP contribution in [0.15, 0.2) is 10.9 Å². The normalized spacial score (nSPS) is 11.0. The van der Waals surface area contributed by atoms with Gasteiger partial charge in [-0.3, -0.25) is 4.79 Å². The third kappa shape index (κ3) is 6.77. The van der Waals surface area contributed by atoms with Gasteiger partial charge < -0.3 is 20.4 Å². The van der Waals surface area contributed by atoms with Crippen LogP contribution >= 0.6 is 0 Å². The topological polar surface area (TPSA) is 96.1 Å². The number of ether oxygens (including phenoxy) is 1. The number of nitrogens with one attached hydrogen (secondary N) is 3. The second kappa shape index (κ2) is 6.93. The number of aromatic nitrogens is 2. The standard InChI is InChI=1S/C13H22N4O3/c1-9-16-10(8-11(18)17-9)14-6-5-7-15-12(19)20-13(2,3)4/h8H,5-7H2,1-4H3,(H,15,19)(H2,14,16,17,18). The molecule has 7 nitrogen and oxygen atoms in total. The molecule has 0 aliphatic rings. The number of aromatic amines is 1. The van der Waals surface area contributed by atoms with Gasteiger partial charge in [-0.05, 0) is 34.1 Å². The minimum atomic E-state index is -0.491. The summed E-state index contributed by atoms with van der Waals surface area (Å²) < 4.78 is 5.11. The summed E-state index contributed by atoms with van der Waals surface area (Å²) in [5.41, 5.74) is -0.679. The van der Waals surface area contributed by atoms with Crippen molar-refractivity contribution in [3.8, 4) is 0 Å². The molecule has 1 heterocycles. The summed E-state index contributed by atoms with van der Waals surface area (Å²) in [6.45, 7) is 8.26. The molecule has 20 heavy (non-hydrogen) atoms. The third-order valence-electron chi connectivity index (χ3n) is 2.19. The fourth-order valence-corrected chi connectivity index (χ4v) is 1.48. The number of anilines is 1. The van der Waals surface area contributed by atoms with Crippen molar-refractivity contribution in [1.29, 1.82) is 0 Å². The molecule has 0 radical (unpaired) electrons. The van der Waals surface area contributed by atoms with Gasteiger partial charge in [-0.15, -0.1) is 0 Å². The SMILES string of the molecule is Cc1nc(NCCCNC(=O)OC(C)(C)C)cc(=O)[nH]1. The molecule has 0 aliphatic heterocycles. The highest BCUT2D eigenvalue weighted by molar-refractivity contribution is 5.67. The van der Waals surface area contributed by atoms with Crippen LogP contribution in [0.5, 0.6) is 0 Å². The van der Waals surface area contributed by atoms with E-state index >= 15 is 0 Å². The molecule has 0 fully saturated rings. The van der Waals surface area contributed by atoms with Gasteiger partial charge in [0.05, 0.1) is 0 Å². The molecule has 112 valence electrons. The van der Waals surface area contributed by atoms with Crippen molar-refractivity contribution >= 4 is 11.9 Å². The van der Waals surface area contributed by atoms with Gasteiger partial charge in [-0.25, -0.2) is 9.78 Å². The van der Waals surface area contributed by atoms with Crippen LogP contribution in [0.1, 0.15) is 33.0 Å². The Kier molecular flexibility index (Phi) is 5.54. The number of nitrogens with zero attached hydrogens (tertiary/aromatic N) is 1.